The number of benzene rings is 2. The summed E-state index contributed by atoms with van der Waals surface area (Å²) >= 11 is 0. The summed E-state index contributed by atoms with van der Waals surface area (Å²) in [6.45, 7) is 3.38. The van der Waals surface area contributed by atoms with Gasteiger partial charge in [-0.15, -0.1) is 12.4 Å². The predicted molar refractivity (Wildman–Crippen MR) is 105 cm³/mol. The van der Waals surface area contributed by atoms with Crippen molar-refractivity contribution in [3.8, 4) is 5.75 Å². The molecule has 2 N–H and O–H groups in total. The molecule has 1 heterocycles. The molecule has 0 spiro atoms. The van der Waals surface area contributed by atoms with Crippen LogP contribution in [0.1, 0.15) is 37.7 Å². The van der Waals surface area contributed by atoms with Crippen LogP contribution in [0.3, 0.4) is 0 Å². The number of ether oxygens (including phenoxy) is 1. The quantitative estimate of drug-likeness (QED) is 0.901. The van der Waals surface area contributed by atoms with E-state index in [1.54, 1.807) is 7.11 Å². The van der Waals surface area contributed by atoms with Gasteiger partial charge < -0.3 is 15.4 Å². The Morgan fingerprint density at radius 3 is 2.68 bits per heavy atom. The Balaban J connectivity index is 0.00000225. The van der Waals surface area contributed by atoms with E-state index in [1.807, 2.05) is 36.1 Å². The molecule has 2 aromatic rings. The second-order valence-electron chi connectivity index (χ2n) is 6.61. The molecule has 1 saturated heterocycles. The number of rotatable bonds is 4. The SMILES string of the molecule is COc1ccc2cc(C(C)C(=O)N3CCCCC3CN)ccc2c1.Cl. The highest BCUT2D eigenvalue weighted by Gasteiger charge is 2.29. The molecule has 0 aliphatic carbocycles. The van der Waals surface area contributed by atoms with Crippen molar-refractivity contribution >= 4 is 29.1 Å². The predicted octanol–water partition coefficient (Wildman–Crippen LogP) is 3.71. The number of hydrogen-bond donors (Lipinski definition) is 1. The molecule has 1 amide bonds. The first-order valence-corrected chi connectivity index (χ1v) is 8.72. The summed E-state index contributed by atoms with van der Waals surface area (Å²) in [5.74, 6) is 0.889. The van der Waals surface area contributed by atoms with Crippen LogP contribution in [0.25, 0.3) is 10.8 Å². The number of carbonyl (C=O) groups excluding carboxylic acids is 1. The topological polar surface area (TPSA) is 55.6 Å². The minimum absolute atomic E-state index is 0. The van der Waals surface area contributed by atoms with Crippen LogP contribution in [-0.4, -0.2) is 37.0 Å². The first-order valence-electron chi connectivity index (χ1n) is 8.72. The molecule has 2 unspecified atom stereocenters. The molecule has 136 valence electrons. The maximum atomic E-state index is 13.0. The fraction of sp³-hybridized carbons (Fsp3) is 0.450. The number of halogens is 1. The van der Waals surface area contributed by atoms with E-state index in [2.05, 4.69) is 12.1 Å². The lowest BCUT2D eigenvalue weighted by Gasteiger charge is -2.36. The van der Waals surface area contributed by atoms with Crippen LogP contribution in [0, 0.1) is 0 Å². The Morgan fingerprint density at radius 1 is 1.24 bits per heavy atom. The third-order valence-electron chi connectivity index (χ3n) is 5.12. The molecule has 2 aromatic carbocycles. The van der Waals surface area contributed by atoms with E-state index >= 15 is 0 Å². The van der Waals surface area contributed by atoms with Crippen molar-refractivity contribution in [2.24, 2.45) is 5.73 Å². The maximum absolute atomic E-state index is 13.0. The first-order chi connectivity index (χ1) is 11.6. The van der Waals surface area contributed by atoms with Crippen LogP contribution in [0.15, 0.2) is 36.4 Å². The maximum Gasteiger partial charge on any atom is 0.230 e. The number of carbonyl (C=O) groups is 1. The molecule has 4 nitrogen and oxygen atoms in total. The van der Waals surface area contributed by atoms with E-state index < -0.39 is 0 Å². The Bertz CT molecular complexity index is 735. The monoisotopic (exact) mass is 362 g/mol. The number of piperidine rings is 1. The van der Waals surface area contributed by atoms with Gasteiger partial charge in [-0.05, 0) is 54.7 Å². The molecule has 25 heavy (non-hydrogen) atoms. The fourth-order valence-corrected chi connectivity index (χ4v) is 3.57. The van der Waals surface area contributed by atoms with Gasteiger partial charge >= 0.3 is 0 Å². The zero-order valence-electron chi connectivity index (χ0n) is 14.9. The first kappa shape index (κ1) is 19.5. The highest BCUT2D eigenvalue weighted by Crippen LogP contribution is 2.28. The number of nitrogens with zero attached hydrogens (tertiary/aromatic N) is 1. The summed E-state index contributed by atoms with van der Waals surface area (Å²) in [4.78, 5) is 14.9. The van der Waals surface area contributed by atoms with Gasteiger partial charge in [0.2, 0.25) is 5.91 Å². The Hall–Kier alpha value is -1.78. The minimum Gasteiger partial charge on any atom is -0.497 e. The van der Waals surface area contributed by atoms with E-state index in [0.717, 1.165) is 47.9 Å². The molecular weight excluding hydrogens is 336 g/mol. The number of likely N-dealkylation sites (tertiary alicyclic amines) is 1. The zero-order chi connectivity index (χ0) is 17.1. The molecular formula is C20H27ClN2O2. The average molecular weight is 363 g/mol. The molecule has 0 bridgehead atoms. The van der Waals surface area contributed by atoms with Gasteiger partial charge in [0, 0.05) is 19.1 Å². The second-order valence-corrected chi connectivity index (χ2v) is 6.61. The Morgan fingerprint density at radius 2 is 1.96 bits per heavy atom. The number of amides is 1. The number of hydrogen-bond acceptors (Lipinski definition) is 3. The highest BCUT2D eigenvalue weighted by atomic mass is 35.5. The van der Waals surface area contributed by atoms with Crippen LogP contribution in [-0.2, 0) is 4.79 Å². The van der Waals surface area contributed by atoms with Crippen molar-refractivity contribution in [2.75, 3.05) is 20.2 Å². The molecule has 3 rings (SSSR count). The van der Waals surface area contributed by atoms with Gasteiger partial charge in [-0.1, -0.05) is 24.3 Å². The highest BCUT2D eigenvalue weighted by molar-refractivity contribution is 5.88. The van der Waals surface area contributed by atoms with Crippen molar-refractivity contribution < 1.29 is 9.53 Å². The molecule has 1 aliphatic heterocycles. The van der Waals surface area contributed by atoms with Crippen molar-refractivity contribution in [2.45, 2.75) is 38.1 Å². The lowest BCUT2D eigenvalue weighted by atomic mass is 9.94. The number of methoxy groups -OCH3 is 1. The second kappa shape index (κ2) is 8.54. The van der Waals surface area contributed by atoms with Gasteiger partial charge in [0.1, 0.15) is 5.75 Å². The average Bonchev–Trinajstić information content (AvgIpc) is 2.65. The largest absolute Gasteiger partial charge is 0.497 e. The Kier molecular flexibility index (Phi) is 6.68. The third-order valence-corrected chi connectivity index (χ3v) is 5.12. The van der Waals surface area contributed by atoms with Gasteiger partial charge in [0.25, 0.3) is 0 Å². The molecule has 5 heteroatoms. The summed E-state index contributed by atoms with van der Waals surface area (Å²) in [6.07, 6.45) is 3.26. The molecule has 1 fully saturated rings. The standard InChI is InChI=1S/C20H26N2O2.ClH/c1-14(20(23)22-10-4-3-5-18(22)13-21)15-6-7-17-12-19(24-2)9-8-16(17)11-15;/h6-9,11-12,14,18H,3-5,10,13,21H2,1-2H3;1H. The molecule has 2 atom stereocenters. The third kappa shape index (κ3) is 4.07. The van der Waals surface area contributed by atoms with E-state index in [4.69, 9.17) is 10.5 Å². The fourth-order valence-electron chi connectivity index (χ4n) is 3.57. The number of nitrogens with two attached hydrogens (primary N) is 1. The smallest absolute Gasteiger partial charge is 0.230 e. The summed E-state index contributed by atoms with van der Waals surface area (Å²) in [5.41, 5.74) is 6.92. The van der Waals surface area contributed by atoms with Gasteiger partial charge in [-0.3, -0.25) is 4.79 Å². The summed E-state index contributed by atoms with van der Waals surface area (Å²) < 4.78 is 5.27. The van der Waals surface area contributed by atoms with Crippen LogP contribution >= 0.6 is 12.4 Å². The van der Waals surface area contributed by atoms with Gasteiger partial charge in [-0.2, -0.15) is 0 Å². The van der Waals surface area contributed by atoms with E-state index in [-0.39, 0.29) is 30.3 Å². The lowest BCUT2D eigenvalue weighted by Crippen LogP contribution is -2.48. The summed E-state index contributed by atoms with van der Waals surface area (Å²) in [5, 5.41) is 2.25. The minimum atomic E-state index is -0.149. The van der Waals surface area contributed by atoms with Crippen LogP contribution in [0.2, 0.25) is 0 Å². The zero-order valence-corrected chi connectivity index (χ0v) is 15.7. The van der Waals surface area contributed by atoms with Gasteiger partial charge in [0.05, 0.1) is 13.0 Å². The van der Waals surface area contributed by atoms with Crippen molar-refractivity contribution in [1.82, 2.24) is 4.90 Å². The molecule has 0 aromatic heterocycles. The van der Waals surface area contributed by atoms with Gasteiger partial charge in [-0.25, -0.2) is 0 Å². The molecule has 0 saturated carbocycles. The normalized spacial score (nSPS) is 18.5. The van der Waals surface area contributed by atoms with Crippen molar-refractivity contribution in [3.63, 3.8) is 0 Å². The van der Waals surface area contributed by atoms with Crippen LogP contribution in [0.5, 0.6) is 5.75 Å². The van der Waals surface area contributed by atoms with Crippen LogP contribution in [0.4, 0.5) is 0 Å². The van der Waals surface area contributed by atoms with Crippen molar-refractivity contribution in [1.29, 1.82) is 0 Å². The van der Waals surface area contributed by atoms with Crippen LogP contribution < -0.4 is 10.5 Å². The summed E-state index contributed by atoms with van der Waals surface area (Å²) in [6, 6.07) is 12.4. The lowest BCUT2D eigenvalue weighted by molar-refractivity contribution is -0.135. The molecule has 0 radical (unpaired) electrons. The van der Waals surface area contributed by atoms with Gasteiger partial charge in [0.15, 0.2) is 0 Å². The Labute approximate surface area is 155 Å². The van der Waals surface area contributed by atoms with Crippen molar-refractivity contribution in [3.05, 3.63) is 42.0 Å². The number of fused-ring (bicyclic) bond motifs is 1. The van der Waals surface area contributed by atoms with E-state index in [1.165, 1.54) is 0 Å². The molecule has 1 aliphatic rings. The van der Waals surface area contributed by atoms with E-state index in [9.17, 15) is 4.79 Å². The van der Waals surface area contributed by atoms with E-state index in [0.29, 0.717) is 6.54 Å². The summed E-state index contributed by atoms with van der Waals surface area (Å²) in [7, 11) is 1.67.